The van der Waals surface area contributed by atoms with Gasteiger partial charge in [-0.2, -0.15) is 5.10 Å². The SMILES string of the molecule is Cn1ccn2ncc(C(=O)N3Cc4[nH]cnc4C(CCc4ccccc4)C3)c12. The Labute approximate surface area is 162 Å². The maximum atomic E-state index is 13.3. The summed E-state index contributed by atoms with van der Waals surface area (Å²) in [5.74, 6) is 0.236. The van der Waals surface area contributed by atoms with Crippen LogP contribution in [-0.4, -0.2) is 41.5 Å². The highest BCUT2D eigenvalue weighted by atomic mass is 16.2. The number of amides is 1. The first-order valence-electron chi connectivity index (χ1n) is 9.54. The molecule has 28 heavy (non-hydrogen) atoms. The molecular weight excluding hydrogens is 352 g/mol. The number of hydrogen-bond acceptors (Lipinski definition) is 3. The van der Waals surface area contributed by atoms with Crippen LogP contribution in [0.1, 0.15) is 39.6 Å². The van der Waals surface area contributed by atoms with Crippen LogP contribution in [0.3, 0.4) is 0 Å². The van der Waals surface area contributed by atoms with E-state index in [2.05, 4.69) is 39.3 Å². The minimum atomic E-state index is 0.0155. The van der Waals surface area contributed by atoms with E-state index >= 15 is 0 Å². The van der Waals surface area contributed by atoms with Gasteiger partial charge in [-0.1, -0.05) is 30.3 Å². The second kappa shape index (κ2) is 6.67. The molecule has 0 radical (unpaired) electrons. The van der Waals surface area contributed by atoms with Gasteiger partial charge in [0.25, 0.3) is 5.91 Å². The summed E-state index contributed by atoms with van der Waals surface area (Å²) in [4.78, 5) is 23.0. The third kappa shape index (κ3) is 2.79. The zero-order valence-electron chi connectivity index (χ0n) is 15.7. The molecule has 7 heteroatoms. The Morgan fingerprint density at radius 1 is 1.25 bits per heavy atom. The fourth-order valence-corrected chi connectivity index (χ4v) is 4.16. The molecule has 0 saturated carbocycles. The lowest BCUT2D eigenvalue weighted by Crippen LogP contribution is -2.38. The molecule has 1 aromatic carbocycles. The molecular formula is C21H22N6O. The molecule has 4 heterocycles. The van der Waals surface area contributed by atoms with Crippen LogP contribution in [0.4, 0.5) is 0 Å². The van der Waals surface area contributed by atoms with Crippen molar-refractivity contribution in [1.82, 2.24) is 29.0 Å². The average Bonchev–Trinajstić information content (AvgIpc) is 3.44. The molecule has 1 aliphatic heterocycles. The van der Waals surface area contributed by atoms with Crippen LogP contribution in [0.2, 0.25) is 0 Å². The van der Waals surface area contributed by atoms with Crippen molar-refractivity contribution in [2.24, 2.45) is 7.05 Å². The van der Waals surface area contributed by atoms with Crippen molar-refractivity contribution in [3.63, 3.8) is 0 Å². The van der Waals surface area contributed by atoms with E-state index in [-0.39, 0.29) is 11.8 Å². The molecule has 1 N–H and O–H groups in total. The number of fused-ring (bicyclic) bond motifs is 2. The maximum absolute atomic E-state index is 13.3. The van der Waals surface area contributed by atoms with Crippen LogP contribution in [0.15, 0.2) is 55.2 Å². The standard InChI is InChI=1S/C21H22N6O/c1-25-9-10-27-20(25)17(11-24-27)21(28)26-12-16(19-18(13-26)22-14-23-19)8-7-15-5-3-2-4-6-15/h2-6,9-11,14,16H,7-8,12-13H2,1H3,(H,22,23). The van der Waals surface area contributed by atoms with Crippen molar-refractivity contribution in [2.75, 3.05) is 6.54 Å². The van der Waals surface area contributed by atoms with Gasteiger partial charge in [0.1, 0.15) is 11.2 Å². The van der Waals surface area contributed by atoms with E-state index in [4.69, 9.17) is 0 Å². The van der Waals surface area contributed by atoms with Gasteiger partial charge in [-0.15, -0.1) is 0 Å². The first-order chi connectivity index (χ1) is 13.7. The molecule has 0 saturated heterocycles. The van der Waals surface area contributed by atoms with E-state index in [1.165, 1.54) is 5.56 Å². The lowest BCUT2D eigenvalue weighted by molar-refractivity contribution is 0.0713. The Kier molecular flexibility index (Phi) is 4.00. The molecule has 7 nitrogen and oxygen atoms in total. The fourth-order valence-electron chi connectivity index (χ4n) is 4.16. The number of imidazole rings is 2. The molecule has 0 fully saturated rings. The molecule has 4 aromatic rings. The Hall–Kier alpha value is -3.35. The van der Waals surface area contributed by atoms with Crippen molar-refractivity contribution in [3.05, 3.63) is 77.8 Å². The van der Waals surface area contributed by atoms with Gasteiger partial charge < -0.3 is 14.5 Å². The summed E-state index contributed by atoms with van der Waals surface area (Å²) in [5, 5.41) is 4.31. The third-order valence-electron chi connectivity index (χ3n) is 5.60. The summed E-state index contributed by atoms with van der Waals surface area (Å²) < 4.78 is 3.67. The van der Waals surface area contributed by atoms with Crippen molar-refractivity contribution >= 4 is 11.6 Å². The van der Waals surface area contributed by atoms with E-state index < -0.39 is 0 Å². The molecule has 0 aliphatic carbocycles. The van der Waals surface area contributed by atoms with E-state index in [1.54, 1.807) is 17.0 Å². The highest BCUT2D eigenvalue weighted by molar-refractivity contribution is 5.99. The summed E-state index contributed by atoms with van der Waals surface area (Å²) in [6.45, 7) is 1.23. The van der Waals surface area contributed by atoms with Gasteiger partial charge in [-0.05, 0) is 18.4 Å². The Balaban J connectivity index is 1.40. The fraction of sp³-hybridized carbons (Fsp3) is 0.286. The second-order valence-electron chi connectivity index (χ2n) is 7.41. The number of rotatable bonds is 4. The molecule has 142 valence electrons. The summed E-state index contributed by atoms with van der Waals surface area (Å²) in [6.07, 6.45) is 9.10. The third-order valence-corrected chi connectivity index (χ3v) is 5.60. The predicted octanol–water partition coefficient (Wildman–Crippen LogP) is 2.77. The topological polar surface area (TPSA) is 71.2 Å². The number of carbonyl (C=O) groups is 1. The van der Waals surface area contributed by atoms with Gasteiger partial charge in [-0.25, -0.2) is 9.50 Å². The Bertz CT molecular complexity index is 1120. The summed E-state index contributed by atoms with van der Waals surface area (Å²) in [5.41, 5.74) is 4.90. The van der Waals surface area contributed by atoms with E-state index in [0.29, 0.717) is 18.7 Å². The highest BCUT2D eigenvalue weighted by Gasteiger charge is 2.32. The minimum Gasteiger partial charge on any atom is -0.347 e. The monoisotopic (exact) mass is 374 g/mol. The molecule has 0 bridgehead atoms. The predicted molar refractivity (Wildman–Crippen MR) is 105 cm³/mol. The largest absolute Gasteiger partial charge is 0.347 e. The zero-order valence-corrected chi connectivity index (χ0v) is 15.7. The van der Waals surface area contributed by atoms with Crippen LogP contribution in [0.5, 0.6) is 0 Å². The number of hydrogen-bond donors (Lipinski definition) is 1. The molecule has 1 atom stereocenters. The first-order valence-corrected chi connectivity index (χ1v) is 9.54. The lowest BCUT2D eigenvalue weighted by atomic mass is 9.91. The Morgan fingerprint density at radius 3 is 2.96 bits per heavy atom. The number of carbonyl (C=O) groups excluding carboxylic acids is 1. The van der Waals surface area contributed by atoms with Gasteiger partial charge in [-0.3, -0.25) is 4.79 Å². The first kappa shape index (κ1) is 16.8. The number of aryl methyl sites for hydroxylation is 2. The number of nitrogens with one attached hydrogen (secondary N) is 1. The quantitative estimate of drug-likeness (QED) is 0.597. The van der Waals surface area contributed by atoms with Crippen LogP contribution in [-0.2, 0) is 20.0 Å². The van der Waals surface area contributed by atoms with Gasteiger partial charge >= 0.3 is 0 Å². The maximum Gasteiger partial charge on any atom is 0.259 e. The average molecular weight is 374 g/mol. The lowest BCUT2D eigenvalue weighted by Gasteiger charge is -2.32. The summed E-state index contributed by atoms with van der Waals surface area (Å²) in [7, 11) is 1.93. The van der Waals surface area contributed by atoms with Gasteiger partial charge in [0.2, 0.25) is 0 Å². The van der Waals surface area contributed by atoms with E-state index in [1.807, 2.05) is 35.0 Å². The van der Waals surface area contributed by atoms with Crippen molar-refractivity contribution < 1.29 is 4.79 Å². The minimum absolute atomic E-state index is 0.0155. The Morgan fingerprint density at radius 2 is 2.11 bits per heavy atom. The second-order valence-corrected chi connectivity index (χ2v) is 7.41. The molecule has 0 spiro atoms. The van der Waals surface area contributed by atoms with Gasteiger partial charge in [0.05, 0.1) is 30.5 Å². The zero-order chi connectivity index (χ0) is 19.1. The van der Waals surface area contributed by atoms with Crippen molar-refractivity contribution in [3.8, 4) is 0 Å². The van der Waals surface area contributed by atoms with Crippen LogP contribution in [0, 0.1) is 0 Å². The number of nitrogens with zero attached hydrogens (tertiary/aromatic N) is 5. The summed E-state index contributed by atoms with van der Waals surface area (Å²) in [6, 6.07) is 10.5. The van der Waals surface area contributed by atoms with E-state index in [9.17, 15) is 4.79 Å². The van der Waals surface area contributed by atoms with Gasteiger partial charge in [0.15, 0.2) is 0 Å². The van der Waals surface area contributed by atoms with Crippen LogP contribution >= 0.6 is 0 Å². The number of H-pyrrole nitrogens is 1. The number of aromatic nitrogens is 5. The molecule has 1 aliphatic rings. The van der Waals surface area contributed by atoms with Crippen molar-refractivity contribution in [1.29, 1.82) is 0 Å². The smallest absolute Gasteiger partial charge is 0.259 e. The normalized spacial score (nSPS) is 16.5. The molecule has 3 aromatic heterocycles. The number of aromatic amines is 1. The van der Waals surface area contributed by atoms with E-state index in [0.717, 1.165) is 29.9 Å². The van der Waals surface area contributed by atoms with Gasteiger partial charge in [0, 0.05) is 31.9 Å². The molecule has 1 amide bonds. The summed E-state index contributed by atoms with van der Waals surface area (Å²) >= 11 is 0. The highest BCUT2D eigenvalue weighted by Crippen LogP contribution is 2.30. The number of benzene rings is 1. The van der Waals surface area contributed by atoms with Crippen molar-refractivity contribution in [2.45, 2.75) is 25.3 Å². The van der Waals surface area contributed by atoms with Crippen LogP contribution < -0.4 is 0 Å². The van der Waals surface area contributed by atoms with Crippen LogP contribution in [0.25, 0.3) is 5.65 Å². The molecule has 1 unspecified atom stereocenters. The molecule has 5 rings (SSSR count).